The van der Waals surface area contributed by atoms with Gasteiger partial charge in [0.25, 0.3) is 0 Å². The highest BCUT2D eigenvalue weighted by atomic mass is 79.9. The molecule has 102 valence electrons. The molecule has 0 radical (unpaired) electrons. The number of anilines is 2. The predicted molar refractivity (Wildman–Crippen MR) is 77.4 cm³/mol. The molecular formula is C13H16BrN3O2. The van der Waals surface area contributed by atoms with Crippen LogP contribution in [0, 0.1) is 0 Å². The Morgan fingerprint density at radius 3 is 2.95 bits per heavy atom. The lowest BCUT2D eigenvalue weighted by atomic mass is 10.1. The zero-order chi connectivity index (χ0) is 13.6. The number of nitrogens with zero attached hydrogens (tertiary/aromatic N) is 1. The molecule has 19 heavy (non-hydrogen) atoms. The summed E-state index contributed by atoms with van der Waals surface area (Å²) >= 11 is 3.57. The van der Waals surface area contributed by atoms with E-state index in [2.05, 4.69) is 31.5 Å². The van der Waals surface area contributed by atoms with Gasteiger partial charge in [-0.15, -0.1) is 0 Å². The van der Waals surface area contributed by atoms with Crippen molar-refractivity contribution in [1.82, 2.24) is 5.32 Å². The normalized spacial score (nSPS) is 25.6. The third kappa shape index (κ3) is 2.13. The smallest absolute Gasteiger partial charge is 0.246 e. The molecule has 0 spiro atoms. The lowest BCUT2D eigenvalue weighted by molar-refractivity contribution is -0.117. The summed E-state index contributed by atoms with van der Waals surface area (Å²) in [6, 6.07) is 3.67. The van der Waals surface area contributed by atoms with Gasteiger partial charge in [0, 0.05) is 28.8 Å². The van der Waals surface area contributed by atoms with E-state index in [1.165, 1.54) is 0 Å². The predicted octanol–water partition coefficient (Wildman–Crippen LogP) is 1.23. The number of likely N-dealkylation sites (N-methyl/N-ethyl adjacent to an activating group) is 1. The van der Waals surface area contributed by atoms with E-state index >= 15 is 0 Å². The first kappa shape index (κ1) is 12.9. The van der Waals surface area contributed by atoms with Crippen LogP contribution in [0.2, 0.25) is 0 Å². The van der Waals surface area contributed by atoms with Gasteiger partial charge < -0.3 is 20.6 Å². The standard InChI is InChI=1S/C13H16BrN3O2/c1-15-12-8-4-9(14)11(5-10(8)16-13(12)19)17-3-2-7(18)6-17/h4-5,7,12,15,18H,2-3,6H2,1H3,(H,16,19). The maximum absolute atomic E-state index is 11.8. The molecule has 2 heterocycles. The van der Waals surface area contributed by atoms with E-state index in [9.17, 15) is 9.90 Å². The maximum atomic E-state index is 11.8. The van der Waals surface area contributed by atoms with Crippen LogP contribution in [0.5, 0.6) is 0 Å². The van der Waals surface area contributed by atoms with Crippen molar-refractivity contribution >= 4 is 33.2 Å². The fraction of sp³-hybridized carbons (Fsp3) is 0.462. The van der Waals surface area contributed by atoms with E-state index in [-0.39, 0.29) is 18.1 Å². The van der Waals surface area contributed by atoms with E-state index in [0.29, 0.717) is 6.54 Å². The minimum absolute atomic E-state index is 0.0250. The Bertz CT molecular complexity index is 535. The molecule has 2 atom stereocenters. The largest absolute Gasteiger partial charge is 0.391 e. The fourth-order valence-corrected chi connectivity index (χ4v) is 3.37. The zero-order valence-corrected chi connectivity index (χ0v) is 12.2. The Balaban J connectivity index is 1.97. The van der Waals surface area contributed by atoms with Crippen LogP contribution in [0.15, 0.2) is 16.6 Å². The van der Waals surface area contributed by atoms with Crippen LogP contribution in [0.1, 0.15) is 18.0 Å². The number of hydrogen-bond acceptors (Lipinski definition) is 4. The molecule has 6 heteroatoms. The zero-order valence-electron chi connectivity index (χ0n) is 10.6. The SMILES string of the molecule is CNC1C(=O)Nc2cc(N3CCC(O)C3)c(Br)cc21. The molecule has 0 saturated carbocycles. The summed E-state index contributed by atoms with van der Waals surface area (Å²) in [5.74, 6) is -0.0250. The summed E-state index contributed by atoms with van der Waals surface area (Å²) in [5.41, 5.74) is 2.83. The van der Waals surface area contributed by atoms with Gasteiger partial charge in [0.05, 0.1) is 11.8 Å². The highest BCUT2D eigenvalue weighted by Crippen LogP contribution is 2.39. The van der Waals surface area contributed by atoms with Gasteiger partial charge in [0.15, 0.2) is 0 Å². The van der Waals surface area contributed by atoms with Crippen LogP contribution < -0.4 is 15.5 Å². The highest BCUT2D eigenvalue weighted by molar-refractivity contribution is 9.10. The monoisotopic (exact) mass is 325 g/mol. The number of halogens is 1. The molecule has 0 aliphatic carbocycles. The van der Waals surface area contributed by atoms with Crippen LogP contribution in [0.3, 0.4) is 0 Å². The summed E-state index contributed by atoms with van der Waals surface area (Å²) in [6.45, 7) is 1.47. The Hall–Kier alpha value is -1.11. The fourth-order valence-electron chi connectivity index (χ4n) is 2.76. The molecule has 1 fully saturated rings. The minimum Gasteiger partial charge on any atom is -0.391 e. The number of carbonyl (C=O) groups excluding carboxylic acids is 1. The van der Waals surface area contributed by atoms with Crippen molar-refractivity contribution < 1.29 is 9.90 Å². The average Bonchev–Trinajstić information content (AvgIpc) is 2.91. The Kier molecular flexibility index (Phi) is 3.24. The van der Waals surface area contributed by atoms with Crippen molar-refractivity contribution in [1.29, 1.82) is 0 Å². The number of hydrogen-bond donors (Lipinski definition) is 3. The van der Waals surface area contributed by atoms with E-state index in [1.54, 1.807) is 7.05 Å². The highest BCUT2D eigenvalue weighted by Gasteiger charge is 2.31. The Morgan fingerprint density at radius 1 is 1.53 bits per heavy atom. The minimum atomic E-state index is -0.287. The van der Waals surface area contributed by atoms with Crippen LogP contribution in [-0.2, 0) is 4.79 Å². The summed E-state index contributed by atoms with van der Waals surface area (Å²) in [7, 11) is 1.78. The van der Waals surface area contributed by atoms with E-state index in [1.807, 2.05) is 12.1 Å². The van der Waals surface area contributed by atoms with Gasteiger partial charge in [-0.05, 0) is 41.5 Å². The number of rotatable bonds is 2. The molecule has 0 aromatic heterocycles. The molecule has 5 nitrogen and oxygen atoms in total. The van der Waals surface area contributed by atoms with Crippen molar-refractivity contribution in [3.63, 3.8) is 0 Å². The number of carbonyl (C=O) groups is 1. The number of amides is 1. The quantitative estimate of drug-likeness (QED) is 0.765. The second-order valence-corrected chi connectivity index (χ2v) is 5.84. The van der Waals surface area contributed by atoms with Crippen LogP contribution in [0.25, 0.3) is 0 Å². The first-order chi connectivity index (χ1) is 9.10. The second kappa shape index (κ2) is 4.77. The van der Waals surface area contributed by atoms with E-state index in [4.69, 9.17) is 0 Å². The van der Waals surface area contributed by atoms with Gasteiger partial charge in [-0.2, -0.15) is 0 Å². The first-order valence-corrected chi connectivity index (χ1v) is 7.14. The number of aliphatic hydroxyl groups excluding tert-OH is 1. The van der Waals surface area contributed by atoms with Crippen molar-refractivity contribution in [2.45, 2.75) is 18.6 Å². The molecule has 1 aromatic rings. The van der Waals surface area contributed by atoms with Crippen LogP contribution >= 0.6 is 15.9 Å². The lowest BCUT2D eigenvalue weighted by Gasteiger charge is -2.21. The molecule has 1 aromatic carbocycles. The van der Waals surface area contributed by atoms with E-state index < -0.39 is 0 Å². The number of benzene rings is 1. The van der Waals surface area contributed by atoms with Crippen molar-refractivity contribution in [2.75, 3.05) is 30.4 Å². The van der Waals surface area contributed by atoms with Gasteiger partial charge in [0.2, 0.25) is 5.91 Å². The molecule has 0 bridgehead atoms. The lowest BCUT2D eigenvalue weighted by Crippen LogP contribution is -2.23. The number of β-amino-alcohol motifs (C(OH)–C–C–N with tert-alkyl or cyclic N) is 1. The van der Waals surface area contributed by atoms with Gasteiger partial charge >= 0.3 is 0 Å². The Labute approximate surface area is 120 Å². The summed E-state index contributed by atoms with van der Waals surface area (Å²) in [4.78, 5) is 13.9. The first-order valence-electron chi connectivity index (χ1n) is 6.34. The van der Waals surface area contributed by atoms with Gasteiger partial charge in [-0.25, -0.2) is 0 Å². The van der Waals surface area contributed by atoms with E-state index in [0.717, 1.165) is 34.4 Å². The summed E-state index contributed by atoms with van der Waals surface area (Å²) < 4.78 is 0.956. The third-order valence-corrected chi connectivity index (χ3v) is 4.38. The topological polar surface area (TPSA) is 64.6 Å². The van der Waals surface area contributed by atoms with Crippen molar-refractivity contribution in [3.8, 4) is 0 Å². The van der Waals surface area contributed by atoms with Gasteiger partial charge in [-0.3, -0.25) is 4.79 Å². The molecule has 2 aliphatic rings. The van der Waals surface area contributed by atoms with Gasteiger partial charge in [0.1, 0.15) is 6.04 Å². The van der Waals surface area contributed by atoms with Crippen LogP contribution in [0.4, 0.5) is 11.4 Å². The summed E-state index contributed by atoms with van der Waals surface area (Å²) in [6.07, 6.45) is 0.523. The summed E-state index contributed by atoms with van der Waals surface area (Å²) in [5, 5.41) is 15.5. The number of nitrogens with one attached hydrogen (secondary N) is 2. The van der Waals surface area contributed by atoms with Crippen LogP contribution in [-0.4, -0.2) is 37.3 Å². The molecule has 1 saturated heterocycles. The average molecular weight is 326 g/mol. The number of fused-ring (bicyclic) bond motifs is 1. The molecule has 3 rings (SSSR count). The van der Waals surface area contributed by atoms with Gasteiger partial charge in [-0.1, -0.05) is 0 Å². The number of aliphatic hydroxyl groups is 1. The maximum Gasteiger partial charge on any atom is 0.246 e. The second-order valence-electron chi connectivity index (χ2n) is 4.99. The molecule has 1 amide bonds. The molecule has 3 N–H and O–H groups in total. The Morgan fingerprint density at radius 2 is 2.32 bits per heavy atom. The molecular weight excluding hydrogens is 310 g/mol. The van der Waals surface area contributed by atoms with Crippen molar-refractivity contribution in [3.05, 3.63) is 22.2 Å². The molecule has 2 aliphatic heterocycles. The third-order valence-electron chi connectivity index (χ3n) is 3.74. The van der Waals surface area contributed by atoms with Crippen molar-refractivity contribution in [2.24, 2.45) is 0 Å². The molecule has 2 unspecified atom stereocenters.